The minimum atomic E-state index is -0.369. The fourth-order valence-electron chi connectivity index (χ4n) is 4.77. The minimum Gasteiger partial charge on any atom is -0.457 e. The van der Waals surface area contributed by atoms with Gasteiger partial charge in [0, 0.05) is 72.7 Å². The van der Waals surface area contributed by atoms with E-state index in [1.807, 2.05) is 15.9 Å². The molecule has 2 saturated heterocycles. The molecular formula is C28H27Cl2N5O5S. The quantitative estimate of drug-likeness (QED) is 0.173. The Hall–Kier alpha value is -3.64. The van der Waals surface area contributed by atoms with Crippen LogP contribution in [0.3, 0.4) is 0 Å². The van der Waals surface area contributed by atoms with Gasteiger partial charge in [-0.1, -0.05) is 23.2 Å². The first-order valence-electron chi connectivity index (χ1n) is 13.0. The number of nitro groups is 1. The minimum absolute atomic E-state index is 0.0888. The molecule has 0 bridgehead atoms. The van der Waals surface area contributed by atoms with E-state index >= 15 is 0 Å². The van der Waals surface area contributed by atoms with Crippen LogP contribution in [0.1, 0.15) is 5.76 Å². The van der Waals surface area contributed by atoms with E-state index in [2.05, 4.69) is 10.2 Å². The average molecular weight is 617 g/mol. The second kappa shape index (κ2) is 12.9. The Balaban J connectivity index is 1.15. The predicted octanol–water partition coefficient (Wildman–Crippen LogP) is 5.23. The number of halogens is 2. The smallest absolute Gasteiger partial charge is 0.292 e. The number of furan rings is 1. The van der Waals surface area contributed by atoms with E-state index in [1.165, 1.54) is 6.08 Å². The molecule has 10 nitrogen and oxygen atoms in total. The molecule has 2 aliphatic heterocycles. The third-order valence-electron chi connectivity index (χ3n) is 6.84. The van der Waals surface area contributed by atoms with Gasteiger partial charge in [-0.05, 0) is 60.8 Å². The lowest BCUT2D eigenvalue weighted by atomic mass is 10.1. The number of hydrogen-bond donors (Lipinski definition) is 1. The van der Waals surface area contributed by atoms with Gasteiger partial charge in [0.2, 0.25) is 5.91 Å². The number of carbonyl (C=O) groups is 1. The highest BCUT2D eigenvalue weighted by Gasteiger charge is 2.25. The lowest BCUT2D eigenvalue weighted by Gasteiger charge is -2.37. The number of amides is 1. The number of benzene rings is 2. The van der Waals surface area contributed by atoms with Gasteiger partial charge in [-0.2, -0.15) is 0 Å². The normalized spacial score (nSPS) is 15.8. The van der Waals surface area contributed by atoms with Crippen LogP contribution in [0.5, 0.6) is 0 Å². The lowest BCUT2D eigenvalue weighted by molar-refractivity contribution is -0.384. The molecule has 2 aromatic carbocycles. The van der Waals surface area contributed by atoms with Crippen LogP contribution in [0.15, 0.2) is 59.0 Å². The molecule has 0 unspecified atom stereocenters. The molecule has 0 atom stereocenters. The summed E-state index contributed by atoms with van der Waals surface area (Å²) >= 11 is 17.6. The lowest BCUT2D eigenvalue weighted by Crippen LogP contribution is -2.52. The summed E-state index contributed by atoms with van der Waals surface area (Å²) in [5.74, 6) is 0.699. The molecule has 0 spiro atoms. The number of thiocarbonyl (C=S) groups is 1. The first kappa shape index (κ1) is 28.9. The monoisotopic (exact) mass is 615 g/mol. The van der Waals surface area contributed by atoms with Gasteiger partial charge < -0.3 is 23.9 Å². The van der Waals surface area contributed by atoms with E-state index in [0.29, 0.717) is 84.8 Å². The highest BCUT2D eigenvalue weighted by molar-refractivity contribution is 7.80. The largest absolute Gasteiger partial charge is 0.457 e. The Morgan fingerprint density at radius 3 is 2.34 bits per heavy atom. The summed E-state index contributed by atoms with van der Waals surface area (Å²) in [6, 6.07) is 13.9. The van der Waals surface area contributed by atoms with Crippen molar-refractivity contribution in [2.45, 2.75) is 0 Å². The number of nitrogens with one attached hydrogen (secondary N) is 1. The SMILES string of the molecule is O=C(/C=C/c1ccc(-c2cc(Cl)cc(Cl)c2)o1)NC(=S)N1CCN(c2ccc([N+](=O)[O-])c(N3CCOCC3)c2)CC1. The van der Waals surface area contributed by atoms with Crippen molar-refractivity contribution >= 4 is 69.6 Å². The highest BCUT2D eigenvalue weighted by Crippen LogP contribution is 2.34. The van der Waals surface area contributed by atoms with Crippen molar-refractivity contribution in [2.24, 2.45) is 0 Å². The molecule has 1 N–H and O–H groups in total. The number of ether oxygens (including phenoxy) is 1. The van der Waals surface area contributed by atoms with E-state index in [9.17, 15) is 14.9 Å². The fourth-order valence-corrected chi connectivity index (χ4v) is 5.57. The van der Waals surface area contributed by atoms with Crippen LogP contribution in [-0.2, 0) is 9.53 Å². The van der Waals surface area contributed by atoms with Gasteiger partial charge >= 0.3 is 0 Å². The zero-order chi connectivity index (χ0) is 28.9. The van der Waals surface area contributed by atoms with E-state index in [4.69, 9.17) is 44.6 Å². The van der Waals surface area contributed by atoms with Crippen molar-refractivity contribution in [1.82, 2.24) is 10.2 Å². The van der Waals surface area contributed by atoms with Gasteiger partial charge in [0.05, 0.1) is 18.1 Å². The molecule has 41 heavy (non-hydrogen) atoms. The van der Waals surface area contributed by atoms with Crippen LogP contribution in [0.4, 0.5) is 17.1 Å². The van der Waals surface area contributed by atoms with E-state index in [1.54, 1.807) is 48.5 Å². The average Bonchev–Trinajstić information content (AvgIpc) is 3.45. The summed E-state index contributed by atoms with van der Waals surface area (Å²) in [4.78, 5) is 29.9. The van der Waals surface area contributed by atoms with Crippen LogP contribution in [0, 0.1) is 10.1 Å². The third-order valence-corrected chi connectivity index (χ3v) is 7.64. The van der Waals surface area contributed by atoms with Crippen LogP contribution in [-0.4, -0.2) is 73.3 Å². The molecule has 1 amide bonds. The molecule has 0 radical (unpaired) electrons. The molecule has 5 rings (SSSR count). The van der Waals surface area contributed by atoms with Gasteiger partial charge in [0.25, 0.3) is 5.69 Å². The van der Waals surface area contributed by atoms with Crippen LogP contribution < -0.4 is 15.1 Å². The van der Waals surface area contributed by atoms with Gasteiger partial charge in [0.1, 0.15) is 17.2 Å². The zero-order valence-corrected chi connectivity index (χ0v) is 24.3. The molecule has 0 aliphatic carbocycles. The number of nitro benzene ring substituents is 1. The van der Waals surface area contributed by atoms with Crippen molar-refractivity contribution in [3.05, 3.63) is 80.5 Å². The number of piperazine rings is 1. The van der Waals surface area contributed by atoms with Crippen LogP contribution in [0.2, 0.25) is 10.0 Å². The van der Waals surface area contributed by atoms with Crippen LogP contribution in [0.25, 0.3) is 17.4 Å². The van der Waals surface area contributed by atoms with Gasteiger partial charge in [0.15, 0.2) is 5.11 Å². The number of anilines is 2. The highest BCUT2D eigenvalue weighted by atomic mass is 35.5. The predicted molar refractivity (Wildman–Crippen MR) is 164 cm³/mol. The maximum Gasteiger partial charge on any atom is 0.292 e. The molecule has 2 aliphatic rings. The summed E-state index contributed by atoms with van der Waals surface area (Å²) in [6.45, 7) is 4.78. The van der Waals surface area contributed by atoms with Gasteiger partial charge in [-0.3, -0.25) is 20.2 Å². The molecule has 3 aromatic rings. The Kier molecular flexibility index (Phi) is 9.09. The number of morpholine rings is 1. The molecule has 1 aromatic heterocycles. The maximum atomic E-state index is 12.5. The Morgan fingerprint density at radius 2 is 1.66 bits per heavy atom. The van der Waals surface area contributed by atoms with Crippen molar-refractivity contribution in [3.63, 3.8) is 0 Å². The van der Waals surface area contributed by atoms with E-state index in [0.717, 1.165) is 11.3 Å². The third kappa shape index (κ3) is 7.17. The molecule has 0 saturated carbocycles. The summed E-state index contributed by atoms with van der Waals surface area (Å²) in [6.07, 6.45) is 2.92. The molecule has 2 fully saturated rings. The van der Waals surface area contributed by atoms with Crippen molar-refractivity contribution < 1.29 is 18.9 Å². The van der Waals surface area contributed by atoms with E-state index < -0.39 is 0 Å². The molecule has 3 heterocycles. The van der Waals surface area contributed by atoms with Gasteiger partial charge in [-0.25, -0.2) is 0 Å². The van der Waals surface area contributed by atoms with Crippen molar-refractivity contribution in [1.29, 1.82) is 0 Å². The molecular weight excluding hydrogens is 589 g/mol. The topological polar surface area (TPSA) is 104 Å². The Morgan fingerprint density at radius 1 is 0.951 bits per heavy atom. The first-order valence-corrected chi connectivity index (χ1v) is 14.1. The maximum absolute atomic E-state index is 12.5. The van der Waals surface area contributed by atoms with Crippen molar-refractivity contribution in [3.8, 4) is 11.3 Å². The number of hydrogen-bond acceptors (Lipinski definition) is 8. The zero-order valence-electron chi connectivity index (χ0n) is 21.9. The van der Waals surface area contributed by atoms with Gasteiger partial charge in [-0.15, -0.1) is 0 Å². The Labute approximate surface area is 252 Å². The van der Waals surface area contributed by atoms with Crippen molar-refractivity contribution in [2.75, 3.05) is 62.3 Å². The second-order valence-electron chi connectivity index (χ2n) is 9.49. The summed E-state index contributed by atoms with van der Waals surface area (Å²) in [5.41, 5.74) is 2.34. The first-order chi connectivity index (χ1) is 19.8. The molecule has 214 valence electrons. The number of nitrogens with zero attached hydrogens (tertiary/aromatic N) is 4. The summed E-state index contributed by atoms with van der Waals surface area (Å²) in [5, 5.41) is 15.7. The summed E-state index contributed by atoms with van der Waals surface area (Å²) < 4.78 is 11.2. The standard InChI is InChI=1S/C28H27Cl2N5O5S/c29-20-15-19(16-21(30)17-20)26-5-2-23(40-26)3-6-27(36)31-28(41)34-9-7-32(8-10-34)22-1-4-24(35(37)38)25(18-22)33-11-13-39-14-12-33/h1-6,15-18H,7-14H2,(H,31,36,41)/b6-3+. The fraction of sp³-hybridized carbons (Fsp3) is 0.286. The number of carbonyl (C=O) groups excluding carboxylic acids is 1. The van der Waals surface area contributed by atoms with E-state index in [-0.39, 0.29) is 16.5 Å². The Bertz CT molecular complexity index is 1460. The molecule has 13 heteroatoms. The second-order valence-corrected chi connectivity index (χ2v) is 10.8. The number of rotatable bonds is 6. The summed E-state index contributed by atoms with van der Waals surface area (Å²) in [7, 11) is 0. The van der Waals surface area contributed by atoms with Crippen LogP contribution >= 0.6 is 35.4 Å².